The highest BCUT2D eigenvalue weighted by Crippen LogP contribution is 2.17. The van der Waals surface area contributed by atoms with E-state index >= 15 is 0 Å². The molecule has 0 radical (unpaired) electrons. The summed E-state index contributed by atoms with van der Waals surface area (Å²) in [5, 5.41) is 7.94. The number of carbonyl (C=O) groups excluding carboxylic acids is 1. The SMILES string of the molecule is NC(=O)NN=N[C@@H]1CCCCCC/C=C\CCCCCCC1. The number of rotatable bonds is 2. The molecule has 0 fully saturated rings. The molecule has 0 saturated heterocycles. The fraction of sp³-hybridized carbons (Fsp3) is 0.824. The van der Waals surface area contributed by atoms with Gasteiger partial charge in [0, 0.05) is 0 Å². The molecule has 22 heavy (non-hydrogen) atoms. The Balaban J connectivity index is 2.35. The summed E-state index contributed by atoms with van der Waals surface area (Å²) in [6, 6.07) is -0.426. The molecule has 126 valence electrons. The number of nitrogens with one attached hydrogen (secondary N) is 1. The Bertz CT molecular complexity index is 342. The van der Waals surface area contributed by atoms with Crippen molar-refractivity contribution in [2.75, 3.05) is 0 Å². The van der Waals surface area contributed by atoms with Gasteiger partial charge in [-0.3, -0.25) is 0 Å². The first-order chi connectivity index (χ1) is 10.8. The Morgan fingerprint density at radius 1 is 0.864 bits per heavy atom. The third-order valence-electron chi connectivity index (χ3n) is 4.11. The second-order valence-corrected chi connectivity index (χ2v) is 6.15. The van der Waals surface area contributed by atoms with Crippen LogP contribution >= 0.6 is 0 Å². The van der Waals surface area contributed by atoms with Gasteiger partial charge in [0.05, 0.1) is 6.04 Å². The zero-order chi connectivity index (χ0) is 15.9. The van der Waals surface area contributed by atoms with Crippen molar-refractivity contribution in [2.45, 2.75) is 89.5 Å². The summed E-state index contributed by atoms with van der Waals surface area (Å²) in [6.07, 6.45) is 20.7. The number of nitrogens with two attached hydrogens (primary N) is 1. The molecule has 0 heterocycles. The van der Waals surface area contributed by atoms with E-state index in [2.05, 4.69) is 27.9 Å². The lowest BCUT2D eigenvalue weighted by atomic mass is 10.0. The maximum atomic E-state index is 10.6. The fourth-order valence-corrected chi connectivity index (χ4v) is 2.82. The zero-order valence-corrected chi connectivity index (χ0v) is 13.8. The van der Waals surface area contributed by atoms with Crippen LogP contribution in [0.5, 0.6) is 0 Å². The van der Waals surface area contributed by atoms with Gasteiger partial charge >= 0.3 is 6.03 Å². The molecule has 0 aliphatic heterocycles. The van der Waals surface area contributed by atoms with Gasteiger partial charge in [0.15, 0.2) is 0 Å². The van der Waals surface area contributed by atoms with Crippen LogP contribution in [0.1, 0.15) is 83.5 Å². The first-order valence-corrected chi connectivity index (χ1v) is 8.89. The lowest BCUT2D eigenvalue weighted by Gasteiger charge is -2.11. The van der Waals surface area contributed by atoms with Crippen LogP contribution in [0.4, 0.5) is 4.79 Å². The smallest absolute Gasteiger partial charge is 0.333 e. The average molecular weight is 308 g/mol. The van der Waals surface area contributed by atoms with Gasteiger partial charge in [0.2, 0.25) is 0 Å². The number of primary amides is 1. The number of nitrogens with zero attached hydrogens (tertiary/aromatic N) is 2. The molecule has 0 aromatic rings. The Morgan fingerprint density at radius 2 is 1.36 bits per heavy atom. The van der Waals surface area contributed by atoms with Crippen LogP contribution in [0, 0.1) is 0 Å². The first kappa shape index (κ1) is 18.7. The van der Waals surface area contributed by atoms with E-state index in [9.17, 15) is 4.79 Å². The summed E-state index contributed by atoms with van der Waals surface area (Å²) in [5.41, 5.74) is 7.20. The van der Waals surface area contributed by atoms with Gasteiger partial charge in [-0.05, 0) is 38.5 Å². The highest BCUT2D eigenvalue weighted by molar-refractivity contribution is 5.70. The molecule has 2 amide bonds. The summed E-state index contributed by atoms with van der Waals surface area (Å²) in [5.74, 6) is 0. The number of amides is 2. The molecule has 5 nitrogen and oxygen atoms in total. The van der Waals surface area contributed by atoms with Crippen molar-refractivity contribution in [3.63, 3.8) is 0 Å². The van der Waals surface area contributed by atoms with Crippen LogP contribution < -0.4 is 11.2 Å². The number of allylic oxidation sites excluding steroid dienone is 2. The average Bonchev–Trinajstić information content (AvgIpc) is 2.48. The molecule has 0 spiro atoms. The molecular weight excluding hydrogens is 276 g/mol. The highest BCUT2D eigenvalue weighted by Gasteiger charge is 2.07. The molecule has 0 aromatic heterocycles. The Hall–Kier alpha value is -1.39. The van der Waals surface area contributed by atoms with Crippen molar-refractivity contribution < 1.29 is 4.79 Å². The molecule has 1 rings (SSSR count). The quantitative estimate of drug-likeness (QED) is 0.418. The van der Waals surface area contributed by atoms with Gasteiger partial charge < -0.3 is 5.73 Å². The monoisotopic (exact) mass is 308 g/mol. The van der Waals surface area contributed by atoms with Gasteiger partial charge in [-0.25, -0.2) is 10.2 Å². The van der Waals surface area contributed by atoms with Gasteiger partial charge in [-0.1, -0.05) is 62.3 Å². The molecule has 0 aromatic carbocycles. The molecular formula is C17H32N4O. The van der Waals surface area contributed by atoms with Gasteiger partial charge in [0.25, 0.3) is 0 Å². The summed E-state index contributed by atoms with van der Waals surface area (Å²) < 4.78 is 0. The van der Waals surface area contributed by atoms with Crippen molar-refractivity contribution >= 4 is 6.03 Å². The van der Waals surface area contributed by atoms with E-state index in [0.717, 1.165) is 12.8 Å². The van der Waals surface area contributed by atoms with Crippen LogP contribution in [-0.4, -0.2) is 12.1 Å². The van der Waals surface area contributed by atoms with Crippen LogP contribution in [0.15, 0.2) is 22.5 Å². The van der Waals surface area contributed by atoms with E-state index in [1.165, 1.54) is 70.6 Å². The molecule has 5 heteroatoms. The molecule has 0 unspecified atom stereocenters. The minimum atomic E-state index is -0.648. The van der Waals surface area contributed by atoms with E-state index < -0.39 is 6.03 Å². The second kappa shape index (κ2) is 13.3. The van der Waals surface area contributed by atoms with Gasteiger partial charge in [0.1, 0.15) is 0 Å². The van der Waals surface area contributed by atoms with E-state index in [1.54, 1.807) is 0 Å². The zero-order valence-electron chi connectivity index (χ0n) is 13.8. The predicted molar refractivity (Wildman–Crippen MR) is 90.5 cm³/mol. The predicted octanol–water partition coefficient (Wildman–Crippen LogP) is 5.03. The standard InChI is InChI=1S/C17H32N4O/c18-17(22)20-21-19-16-14-12-10-8-6-4-2-1-3-5-7-9-11-13-15-16/h1-2,16H,3-15H2,(H3,18,19,20,22)/b2-1-/t16-/m1/s1. The Labute approximate surface area is 134 Å². The van der Waals surface area contributed by atoms with Crippen LogP contribution in [0.2, 0.25) is 0 Å². The largest absolute Gasteiger partial charge is 0.350 e. The number of carbonyl (C=O) groups is 1. The molecule has 1 atom stereocenters. The van der Waals surface area contributed by atoms with Crippen LogP contribution in [0.3, 0.4) is 0 Å². The van der Waals surface area contributed by atoms with E-state index in [4.69, 9.17) is 5.73 Å². The third-order valence-corrected chi connectivity index (χ3v) is 4.11. The van der Waals surface area contributed by atoms with Crippen molar-refractivity contribution in [3.05, 3.63) is 12.2 Å². The van der Waals surface area contributed by atoms with Crippen molar-refractivity contribution in [1.29, 1.82) is 0 Å². The van der Waals surface area contributed by atoms with E-state index in [-0.39, 0.29) is 6.04 Å². The third kappa shape index (κ3) is 11.3. The van der Waals surface area contributed by atoms with E-state index in [1.807, 2.05) is 0 Å². The lowest BCUT2D eigenvalue weighted by Crippen LogP contribution is -2.24. The van der Waals surface area contributed by atoms with Gasteiger partial charge in [-0.2, -0.15) is 5.11 Å². The van der Waals surface area contributed by atoms with Crippen molar-refractivity contribution in [1.82, 2.24) is 5.43 Å². The maximum absolute atomic E-state index is 10.6. The first-order valence-electron chi connectivity index (χ1n) is 8.89. The van der Waals surface area contributed by atoms with Crippen molar-refractivity contribution in [2.24, 2.45) is 16.1 Å². The summed E-state index contributed by atoms with van der Waals surface area (Å²) >= 11 is 0. The Morgan fingerprint density at radius 3 is 1.91 bits per heavy atom. The molecule has 1 aliphatic rings. The summed E-state index contributed by atoms with van der Waals surface area (Å²) in [6.45, 7) is 0. The Kier molecular flexibility index (Phi) is 11.3. The topological polar surface area (TPSA) is 79.8 Å². The fourth-order valence-electron chi connectivity index (χ4n) is 2.82. The minimum Gasteiger partial charge on any atom is -0.350 e. The normalized spacial score (nSPS) is 24.8. The molecule has 0 bridgehead atoms. The molecule has 0 saturated carbocycles. The second-order valence-electron chi connectivity index (χ2n) is 6.15. The maximum Gasteiger partial charge on any atom is 0.333 e. The summed E-state index contributed by atoms with van der Waals surface area (Å²) in [7, 11) is 0. The number of hydrogen-bond acceptors (Lipinski definition) is 3. The van der Waals surface area contributed by atoms with Crippen molar-refractivity contribution in [3.8, 4) is 0 Å². The number of hydrogen-bond donors (Lipinski definition) is 2. The van der Waals surface area contributed by atoms with Gasteiger partial charge in [-0.15, -0.1) is 0 Å². The minimum absolute atomic E-state index is 0.222. The number of urea groups is 1. The van der Waals surface area contributed by atoms with Crippen LogP contribution in [0.25, 0.3) is 0 Å². The summed E-state index contributed by atoms with van der Waals surface area (Å²) in [4.78, 5) is 10.6. The lowest BCUT2D eigenvalue weighted by molar-refractivity contribution is 0.248. The van der Waals surface area contributed by atoms with Crippen LogP contribution in [-0.2, 0) is 0 Å². The molecule has 1 aliphatic carbocycles. The highest BCUT2D eigenvalue weighted by atomic mass is 16.2. The van der Waals surface area contributed by atoms with E-state index in [0.29, 0.717) is 0 Å². The molecule has 3 N–H and O–H groups in total.